The fourth-order valence-corrected chi connectivity index (χ4v) is 6.65. The molecule has 4 N–H and O–H groups in total. The molecule has 3 amide bonds. The summed E-state index contributed by atoms with van der Waals surface area (Å²) in [5.74, 6) is -2.36. The maximum absolute atomic E-state index is 14.3. The van der Waals surface area contributed by atoms with E-state index >= 15 is 0 Å². The average Bonchev–Trinajstić information content (AvgIpc) is 3.39. The smallest absolute Gasteiger partial charge is 0.390 e. The van der Waals surface area contributed by atoms with E-state index in [1.165, 1.54) is 11.8 Å². The third-order valence-corrected chi connectivity index (χ3v) is 9.53. The quantitative estimate of drug-likeness (QED) is 0.154. The van der Waals surface area contributed by atoms with E-state index in [2.05, 4.69) is 16.0 Å². The Kier molecular flexibility index (Phi) is 13.2. The first kappa shape index (κ1) is 38.5. The van der Waals surface area contributed by atoms with Crippen molar-refractivity contribution in [1.82, 2.24) is 20.9 Å². The molecule has 0 aromatic heterocycles. The largest absolute Gasteiger partial charge is 0.416 e. The minimum absolute atomic E-state index is 0.0469. The fourth-order valence-electron chi connectivity index (χ4n) is 6.65. The highest BCUT2D eigenvalue weighted by Gasteiger charge is 2.53. The molecule has 4 rings (SSSR count). The van der Waals surface area contributed by atoms with Gasteiger partial charge >= 0.3 is 6.18 Å². The molecule has 1 fully saturated rings. The van der Waals surface area contributed by atoms with Gasteiger partial charge < -0.3 is 26.0 Å². The van der Waals surface area contributed by atoms with Gasteiger partial charge in [-0.15, -0.1) is 0 Å². The van der Waals surface area contributed by atoms with Gasteiger partial charge in [-0.05, 0) is 66.5 Å². The summed E-state index contributed by atoms with van der Waals surface area (Å²) in [5.41, 5.74) is -0.426. The van der Waals surface area contributed by atoms with Crippen LogP contribution < -0.4 is 16.0 Å². The second kappa shape index (κ2) is 17.1. The number of benzene rings is 3. The summed E-state index contributed by atoms with van der Waals surface area (Å²) in [6, 6.07) is 19.2. The second-order valence-electron chi connectivity index (χ2n) is 13.1. The molecule has 0 bridgehead atoms. The summed E-state index contributed by atoms with van der Waals surface area (Å²) in [6.07, 6.45) is -3.97. The predicted molar refractivity (Wildman–Crippen MR) is 182 cm³/mol. The molecule has 0 spiro atoms. The summed E-state index contributed by atoms with van der Waals surface area (Å²) in [5, 5.41) is 20.1. The van der Waals surface area contributed by atoms with Gasteiger partial charge in [0.05, 0.1) is 17.7 Å². The molecule has 0 aliphatic carbocycles. The predicted octanol–water partition coefficient (Wildman–Crippen LogP) is 5.18. The maximum Gasteiger partial charge on any atom is 0.416 e. The average molecular weight is 699 g/mol. The van der Waals surface area contributed by atoms with Crippen LogP contribution in [-0.4, -0.2) is 64.5 Å². The molecule has 50 heavy (non-hydrogen) atoms. The number of nitrogens with zero attached hydrogens (tertiary/aromatic N) is 1. The Morgan fingerprint density at radius 1 is 0.980 bits per heavy atom. The van der Waals surface area contributed by atoms with Gasteiger partial charge in [-0.2, -0.15) is 13.2 Å². The van der Waals surface area contributed by atoms with Gasteiger partial charge in [0, 0.05) is 26.6 Å². The number of likely N-dealkylation sites (tertiary alicyclic amines) is 1. The van der Waals surface area contributed by atoms with Crippen molar-refractivity contribution in [3.8, 4) is 0 Å². The van der Waals surface area contributed by atoms with Crippen molar-refractivity contribution in [2.45, 2.75) is 89.3 Å². The van der Waals surface area contributed by atoms with Gasteiger partial charge in [0.2, 0.25) is 17.7 Å². The number of hydrogen-bond acceptors (Lipinski definition) is 5. The van der Waals surface area contributed by atoms with Crippen LogP contribution in [0.3, 0.4) is 0 Å². The molecule has 0 unspecified atom stereocenters. The minimum Gasteiger partial charge on any atom is -0.390 e. The first-order valence-corrected chi connectivity index (χ1v) is 17.0. The maximum atomic E-state index is 14.3. The zero-order valence-electron chi connectivity index (χ0n) is 28.6. The lowest BCUT2D eigenvalue weighted by Crippen LogP contribution is -2.60. The summed E-state index contributed by atoms with van der Waals surface area (Å²) >= 11 is 0. The van der Waals surface area contributed by atoms with Crippen LogP contribution in [0.25, 0.3) is 0 Å². The summed E-state index contributed by atoms with van der Waals surface area (Å²) in [6.45, 7) is 5.17. The molecule has 8 nitrogen and oxygen atoms in total. The number of aliphatic hydroxyl groups excluding tert-OH is 1. The third kappa shape index (κ3) is 9.91. The van der Waals surface area contributed by atoms with E-state index in [0.29, 0.717) is 25.3 Å². The Morgan fingerprint density at radius 2 is 1.62 bits per heavy atom. The number of aliphatic hydroxyl groups is 1. The Bertz CT molecular complexity index is 1590. The van der Waals surface area contributed by atoms with Crippen molar-refractivity contribution in [3.05, 3.63) is 107 Å². The standard InChI is InChI=1S/C38H46F4N4O4/c1-4-25(2)37(45-26(3)47)17-18-46(36(37)50)33(16-15-27-11-7-5-8-12-27)35(49)44-32(21-28-13-9-6-10-14-28)34(48)24-43-23-29-19-30(38(40,41)42)22-31(39)20-29/h5-14,19-20,22,25,32-34,43,48H,4,15-18,21,23-24H2,1-3H3,(H,44,49)(H,45,47)/t25-,32-,33-,34-,37-/m0/s1. The molecular formula is C38H46F4N4O4. The van der Waals surface area contributed by atoms with Crippen molar-refractivity contribution in [3.63, 3.8) is 0 Å². The normalized spacial score (nSPS) is 18.7. The molecule has 1 aliphatic heterocycles. The number of nitrogens with one attached hydrogen (secondary N) is 3. The lowest BCUT2D eigenvalue weighted by molar-refractivity contribution is -0.144. The number of amides is 3. The van der Waals surface area contributed by atoms with Crippen LogP contribution in [0.5, 0.6) is 0 Å². The Morgan fingerprint density at radius 3 is 2.22 bits per heavy atom. The van der Waals surface area contributed by atoms with Crippen LogP contribution >= 0.6 is 0 Å². The van der Waals surface area contributed by atoms with Gasteiger partial charge in [-0.3, -0.25) is 14.4 Å². The Balaban J connectivity index is 1.57. The zero-order valence-corrected chi connectivity index (χ0v) is 28.6. The molecule has 1 aliphatic rings. The number of halogens is 4. The first-order valence-electron chi connectivity index (χ1n) is 17.0. The van der Waals surface area contributed by atoms with Crippen molar-refractivity contribution < 1.29 is 37.1 Å². The summed E-state index contributed by atoms with van der Waals surface area (Å²) in [7, 11) is 0. The van der Waals surface area contributed by atoms with Crippen LogP contribution in [0.1, 0.15) is 62.3 Å². The Labute approximate surface area is 290 Å². The van der Waals surface area contributed by atoms with Gasteiger partial charge in [0.1, 0.15) is 17.4 Å². The monoisotopic (exact) mass is 698 g/mol. The van der Waals surface area contributed by atoms with Crippen LogP contribution in [-0.2, 0) is 39.9 Å². The highest BCUT2D eigenvalue weighted by atomic mass is 19.4. The molecule has 1 saturated heterocycles. The number of rotatable bonds is 16. The van der Waals surface area contributed by atoms with Crippen molar-refractivity contribution in [2.24, 2.45) is 5.92 Å². The number of aryl methyl sites for hydroxylation is 1. The van der Waals surface area contributed by atoms with Crippen molar-refractivity contribution >= 4 is 17.7 Å². The van der Waals surface area contributed by atoms with E-state index in [1.807, 2.05) is 74.5 Å². The number of alkyl halides is 3. The number of hydrogen-bond donors (Lipinski definition) is 4. The van der Waals surface area contributed by atoms with E-state index in [-0.39, 0.29) is 55.8 Å². The topological polar surface area (TPSA) is 111 Å². The molecular weight excluding hydrogens is 652 g/mol. The molecule has 0 radical (unpaired) electrons. The van der Waals surface area contributed by atoms with E-state index in [0.717, 1.165) is 23.3 Å². The van der Waals surface area contributed by atoms with E-state index in [1.54, 1.807) is 0 Å². The number of carbonyl (C=O) groups is 3. The fraction of sp³-hybridized carbons (Fsp3) is 0.447. The highest BCUT2D eigenvalue weighted by Crippen LogP contribution is 2.35. The lowest BCUT2D eigenvalue weighted by atomic mass is 9.81. The minimum atomic E-state index is -4.72. The molecule has 12 heteroatoms. The van der Waals surface area contributed by atoms with E-state index in [9.17, 15) is 37.1 Å². The SMILES string of the molecule is CC[C@H](C)[C@@]1(NC(C)=O)CCN([C@@H](CCc2ccccc2)C(=O)N[C@@H](Cc2ccccc2)[C@@H](O)CNCc2cc(F)cc(C(F)(F)F)c2)C1=O. The van der Waals surface area contributed by atoms with Crippen molar-refractivity contribution in [2.75, 3.05) is 13.1 Å². The summed E-state index contributed by atoms with van der Waals surface area (Å²) < 4.78 is 53.7. The second-order valence-corrected chi connectivity index (χ2v) is 13.1. The van der Waals surface area contributed by atoms with Gasteiger partial charge in [-0.25, -0.2) is 4.39 Å². The van der Waals surface area contributed by atoms with Gasteiger partial charge in [0.25, 0.3) is 0 Å². The van der Waals surface area contributed by atoms with Crippen molar-refractivity contribution in [1.29, 1.82) is 0 Å². The third-order valence-electron chi connectivity index (χ3n) is 9.53. The lowest BCUT2D eigenvalue weighted by Gasteiger charge is -2.36. The van der Waals surface area contributed by atoms with E-state index < -0.39 is 47.2 Å². The van der Waals surface area contributed by atoms with Crippen LogP contribution in [0.4, 0.5) is 17.6 Å². The van der Waals surface area contributed by atoms with Gasteiger partial charge in [-0.1, -0.05) is 80.9 Å². The van der Waals surface area contributed by atoms with Gasteiger partial charge in [0.15, 0.2) is 0 Å². The first-order chi connectivity index (χ1) is 23.7. The molecule has 3 aromatic carbocycles. The van der Waals surface area contributed by atoms with Crippen LogP contribution in [0, 0.1) is 11.7 Å². The zero-order chi connectivity index (χ0) is 36.5. The van der Waals surface area contributed by atoms with Crippen LogP contribution in [0.15, 0.2) is 78.9 Å². The van der Waals surface area contributed by atoms with E-state index in [4.69, 9.17) is 0 Å². The Hall–Kier alpha value is -4.29. The molecule has 5 atom stereocenters. The molecule has 3 aromatic rings. The molecule has 270 valence electrons. The van der Waals surface area contributed by atoms with Crippen LogP contribution in [0.2, 0.25) is 0 Å². The molecule has 0 saturated carbocycles. The molecule has 1 heterocycles. The summed E-state index contributed by atoms with van der Waals surface area (Å²) in [4.78, 5) is 42.3. The number of carbonyl (C=O) groups excluding carboxylic acids is 3. The highest BCUT2D eigenvalue weighted by molar-refractivity contribution is 5.96.